The molecule has 1 amide bonds. The van der Waals surface area contributed by atoms with E-state index in [1.165, 1.54) is 0 Å². The van der Waals surface area contributed by atoms with Crippen LogP contribution in [0, 0.1) is 18.3 Å². The van der Waals surface area contributed by atoms with Crippen LogP contribution in [0.15, 0.2) is 42.6 Å². The lowest BCUT2D eigenvalue weighted by Gasteiger charge is -2.19. The number of anilines is 1. The summed E-state index contributed by atoms with van der Waals surface area (Å²) in [5, 5.41) is 0. The Kier molecular flexibility index (Phi) is 6.41. The SMILES string of the molecule is C#CCOc1ccc(N(C)C(=O)c2cccnc2OCC(C)C)cc1. The van der Waals surface area contributed by atoms with Crippen molar-refractivity contribution in [1.29, 1.82) is 0 Å². The molecule has 0 radical (unpaired) electrons. The fourth-order valence-electron chi connectivity index (χ4n) is 2.10. The fraction of sp³-hybridized carbons (Fsp3) is 0.300. The minimum Gasteiger partial charge on any atom is -0.481 e. The fourth-order valence-corrected chi connectivity index (χ4v) is 2.10. The smallest absolute Gasteiger partial charge is 0.263 e. The number of ether oxygens (including phenoxy) is 2. The average Bonchev–Trinajstić information content (AvgIpc) is 2.64. The first kappa shape index (κ1) is 18.3. The van der Waals surface area contributed by atoms with Gasteiger partial charge in [0.15, 0.2) is 0 Å². The van der Waals surface area contributed by atoms with Crippen molar-refractivity contribution in [1.82, 2.24) is 4.98 Å². The summed E-state index contributed by atoms with van der Waals surface area (Å²) in [5.41, 5.74) is 1.16. The lowest BCUT2D eigenvalue weighted by Crippen LogP contribution is -2.27. The number of terminal acetylenes is 1. The molecule has 0 aliphatic rings. The van der Waals surface area contributed by atoms with E-state index in [1.807, 2.05) is 13.8 Å². The molecular formula is C20H22N2O3. The summed E-state index contributed by atoms with van der Waals surface area (Å²) in [6, 6.07) is 10.6. The van der Waals surface area contributed by atoms with E-state index in [0.29, 0.717) is 29.7 Å². The Hall–Kier alpha value is -3.00. The molecule has 0 aliphatic carbocycles. The Labute approximate surface area is 148 Å². The number of carbonyl (C=O) groups is 1. The van der Waals surface area contributed by atoms with Crippen LogP contribution < -0.4 is 14.4 Å². The van der Waals surface area contributed by atoms with Gasteiger partial charge in [-0.3, -0.25) is 4.79 Å². The topological polar surface area (TPSA) is 51.7 Å². The third kappa shape index (κ3) is 4.98. The van der Waals surface area contributed by atoms with E-state index in [-0.39, 0.29) is 12.5 Å². The summed E-state index contributed by atoms with van der Waals surface area (Å²) < 4.78 is 11.0. The average molecular weight is 338 g/mol. The quantitative estimate of drug-likeness (QED) is 0.726. The van der Waals surface area contributed by atoms with Crippen LogP contribution in [0.3, 0.4) is 0 Å². The number of aromatic nitrogens is 1. The molecule has 1 aromatic heterocycles. The van der Waals surface area contributed by atoms with Gasteiger partial charge in [0.05, 0.1) is 6.61 Å². The summed E-state index contributed by atoms with van der Waals surface area (Å²) >= 11 is 0. The van der Waals surface area contributed by atoms with Crippen LogP contribution >= 0.6 is 0 Å². The number of benzene rings is 1. The van der Waals surface area contributed by atoms with Crippen molar-refractivity contribution in [2.75, 3.05) is 25.2 Å². The Morgan fingerprint density at radius 1 is 1.24 bits per heavy atom. The van der Waals surface area contributed by atoms with Gasteiger partial charge in [-0.05, 0) is 42.3 Å². The van der Waals surface area contributed by atoms with E-state index < -0.39 is 0 Å². The summed E-state index contributed by atoms with van der Waals surface area (Å²) in [4.78, 5) is 18.5. The molecule has 130 valence electrons. The van der Waals surface area contributed by atoms with Crippen LogP contribution in [0.25, 0.3) is 0 Å². The normalized spacial score (nSPS) is 10.2. The maximum absolute atomic E-state index is 12.8. The van der Waals surface area contributed by atoms with E-state index in [0.717, 1.165) is 5.69 Å². The van der Waals surface area contributed by atoms with Crippen molar-refractivity contribution >= 4 is 11.6 Å². The van der Waals surface area contributed by atoms with Gasteiger partial charge in [-0.15, -0.1) is 6.42 Å². The first-order valence-corrected chi connectivity index (χ1v) is 8.05. The molecule has 0 unspecified atom stereocenters. The van der Waals surface area contributed by atoms with Gasteiger partial charge in [-0.25, -0.2) is 4.98 Å². The van der Waals surface area contributed by atoms with Crippen LogP contribution in [0.4, 0.5) is 5.69 Å². The van der Waals surface area contributed by atoms with Crippen molar-refractivity contribution in [3.05, 3.63) is 48.2 Å². The van der Waals surface area contributed by atoms with Gasteiger partial charge in [0.2, 0.25) is 5.88 Å². The van der Waals surface area contributed by atoms with Crippen LogP contribution in [0.5, 0.6) is 11.6 Å². The maximum Gasteiger partial charge on any atom is 0.263 e. The second-order valence-corrected chi connectivity index (χ2v) is 5.91. The molecule has 25 heavy (non-hydrogen) atoms. The van der Waals surface area contributed by atoms with Gasteiger partial charge in [0.1, 0.15) is 17.9 Å². The molecule has 2 aromatic rings. The Bertz CT molecular complexity index is 748. The highest BCUT2D eigenvalue weighted by Gasteiger charge is 2.19. The van der Waals surface area contributed by atoms with E-state index in [2.05, 4.69) is 10.9 Å². The predicted molar refractivity (Wildman–Crippen MR) is 98.1 cm³/mol. The second kappa shape index (κ2) is 8.74. The van der Waals surface area contributed by atoms with Crippen molar-refractivity contribution < 1.29 is 14.3 Å². The van der Waals surface area contributed by atoms with Crippen LogP contribution in [-0.4, -0.2) is 31.2 Å². The molecule has 5 heteroatoms. The molecule has 1 heterocycles. The molecule has 0 N–H and O–H groups in total. The molecular weight excluding hydrogens is 316 g/mol. The minimum atomic E-state index is -0.191. The highest BCUT2D eigenvalue weighted by atomic mass is 16.5. The Morgan fingerprint density at radius 3 is 2.60 bits per heavy atom. The van der Waals surface area contributed by atoms with Crippen LogP contribution in [0.2, 0.25) is 0 Å². The standard InChI is InChI=1S/C20H22N2O3/c1-5-13-24-17-10-8-16(9-11-17)22(4)20(23)18-7-6-12-21-19(18)25-14-15(2)3/h1,6-12,15H,13-14H2,2-4H3. The van der Waals surface area contributed by atoms with E-state index in [1.54, 1.807) is 54.5 Å². The zero-order chi connectivity index (χ0) is 18.2. The first-order chi connectivity index (χ1) is 12.0. The lowest BCUT2D eigenvalue weighted by atomic mass is 10.2. The molecule has 1 aromatic carbocycles. The Balaban J connectivity index is 2.15. The second-order valence-electron chi connectivity index (χ2n) is 5.91. The minimum absolute atomic E-state index is 0.191. The molecule has 0 fully saturated rings. The van der Waals surface area contributed by atoms with Crippen molar-refractivity contribution in [2.24, 2.45) is 5.92 Å². The van der Waals surface area contributed by atoms with E-state index in [9.17, 15) is 4.79 Å². The number of rotatable bonds is 7. The van der Waals surface area contributed by atoms with Crippen molar-refractivity contribution in [3.8, 4) is 24.0 Å². The number of amides is 1. The van der Waals surface area contributed by atoms with Gasteiger partial charge in [-0.1, -0.05) is 19.8 Å². The van der Waals surface area contributed by atoms with E-state index >= 15 is 0 Å². The Morgan fingerprint density at radius 2 is 1.96 bits per heavy atom. The molecule has 0 spiro atoms. The van der Waals surface area contributed by atoms with Crippen molar-refractivity contribution in [2.45, 2.75) is 13.8 Å². The van der Waals surface area contributed by atoms with Gasteiger partial charge in [0.25, 0.3) is 5.91 Å². The van der Waals surface area contributed by atoms with Gasteiger partial charge in [-0.2, -0.15) is 0 Å². The van der Waals surface area contributed by atoms with Gasteiger partial charge >= 0.3 is 0 Å². The largest absolute Gasteiger partial charge is 0.481 e. The monoisotopic (exact) mass is 338 g/mol. The molecule has 0 bridgehead atoms. The lowest BCUT2D eigenvalue weighted by molar-refractivity contribution is 0.0987. The molecule has 5 nitrogen and oxygen atoms in total. The van der Waals surface area contributed by atoms with Gasteiger partial charge in [0, 0.05) is 18.9 Å². The predicted octanol–water partition coefficient (Wildman–Crippen LogP) is 3.41. The number of carbonyl (C=O) groups excluding carboxylic acids is 1. The number of pyridine rings is 1. The zero-order valence-corrected chi connectivity index (χ0v) is 14.7. The molecule has 0 aliphatic heterocycles. The molecule has 0 saturated heterocycles. The highest BCUT2D eigenvalue weighted by molar-refractivity contribution is 6.07. The number of hydrogen-bond acceptors (Lipinski definition) is 4. The summed E-state index contributed by atoms with van der Waals surface area (Å²) in [6.45, 7) is 4.79. The third-order valence-corrected chi connectivity index (χ3v) is 3.41. The summed E-state index contributed by atoms with van der Waals surface area (Å²) in [6.07, 6.45) is 6.79. The number of hydrogen-bond donors (Lipinski definition) is 0. The summed E-state index contributed by atoms with van der Waals surface area (Å²) in [7, 11) is 1.71. The number of nitrogens with zero attached hydrogens (tertiary/aromatic N) is 2. The maximum atomic E-state index is 12.8. The first-order valence-electron chi connectivity index (χ1n) is 8.05. The van der Waals surface area contributed by atoms with Gasteiger partial charge < -0.3 is 14.4 Å². The van der Waals surface area contributed by atoms with Crippen LogP contribution in [0.1, 0.15) is 24.2 Å². The zero-order valence-electron chi connectivity index (χ0n) is 14.7. The summed E-state index contributed by atoms with van der Waals surface area (Å²) in [5.74, 6) is 3.57. The van der Waals surface area contributed by atoms with Crippen LogP contribution in [-0.2, 0) is 0 Å². The molecule has 2 rings (SSSR count). The molecule has 0 atom stereocenters. The third-order valence-electron chi connectivity index (χ3n) is 3.41. The molecule has 0 saturated carbocycles. The van der Waals surface area contributed by atoms with E-state index in [4.69, 9.17) is 15.9 Å². The van der Waals surface area contributed by atoms with Crippen molar-refractivity contribution in [3.63, 3.8) is 0 Å². The highest BCUT2D eigenvalue weighted by Crippen LogP contribution is 2.23.